The second-order valence-electron chi connectivity index (χ2n) is 6.10. The summed E-state index contributed by atoms with van der Waals surface area (Å²) in [4.78, 5) is 2.52. The van der Waals surface area contributed by atoms with Crippen LogP contribution in [0.25, 0.3) is 0 Å². The predicted octanol–water partition coefficient (Wildman–Crippen LogP) is 3.94. The molecule has 0 spiro atoms. The second-order valence-corrected chi connectivity index (χ2v) is 7.39. The first-order chi connectivity index (χ1) is 10.2. The lowest BCUT2D eigenvalue weighted by atomic mass is 9.89. The summed E-state index contributed by atoms with van der Waals surface area (Å²) in [5, 5.41) is 14.6. The van der Waals surface area contributed by atoms with Gasteiger partial charge < -0.3 is 10.4 Å². The molecular weight excluding hydrogens is 352 g/mol. The molecule has 1 atom stereocenters. The van der Waals surface area contributed by atoms with Crippen molar-refractivity contribution in [1.82, 2.24) is 10.2 Å². The summed E-state index contributed by atoms with van der Waals surface area (Å²) >= 11 is 9.67. The van der Waals surface area contributed by atoms with E-state index in [0.717, 1.165) is 31.7 Å². The number of rotatable bonds is 3. The van der Waals surface area contributed by atoms with E-state index in [1.54, 1.807) is 6.07 Å². The van der Waals surface area contributed by atoms with Gasteiger partial charge in [-0.1, -0.05) is 24.4 Å². The highest BCUT2D eigenvalue weighted by Crippen LogP contribution is 2.45. The molecule has 1 aliphatic heterocycles. The minimum atomic E-state index is 0.282. The first kappa shape index (κ1) is 15.6. The number of phenols is 1. The number of hydrogen-bond acceptors (Lipinski definition) is 3. The summed E-state index contributed by atoms with van der Waals surface area (Å²) in [6, 6.07) is 4.00. The molecule has 2 fully saturated rings. The van der Waals surface area contributed by atoms with Crippen LogP contribution < -0.4 is 5.32 Å². The van der Waals surface area contributed by atoms with E-state index in [-0.39, 0.29) is 6.04 Å². The molecular formula is C16H22BrClN2O. The Morgan fingerprint density at radius 1 is 1.24 bits per heavy atom. The molecule has 1 aromatic rings. The Morgan fingerprint density at radius 3 is 2.57 bits per heavy atom. The van der Waals surface area contributed by atoms with Gasteiger partial charge in [0.1, 0.15) is 5.75 Å². The molecule has 1 aliphatic carbocycles. The lowest BCUT2D eigenvalue weighted by Crippen LogP contribution is -2.46. The second kappa shape index (κ2) is 6.86. The van der Waals surface area contributed by atoms with E-state index in [4.69, 9.17) is 11.6 Å². The van der Waals surface area contributed by atoms with E-state index < -0.39 is 0 Å². The molecule has 2 N–H and O–H groups in total. The summed E-state index contributed by atoms with van der Waals surface area (Å²) < 4.78 is 0.697. The van der Waals surface area contributed by atoms with Gasteiger partial charge >= 0.3 is 0 Å². The highest BCUT2D eigenvalue weighted by Gasteiger charge is 2.34. The average molecular weight is 374 g/mol. The first-order valence-corrected chi connectivity index (χ1v) is 8.96. The van der Waals surface area contributed by atoms with Crippen molar-refractivity contribution in [3.05, 3.63) is 27.2 Å². The molecule has 116 valence electrons. The molecule has 0 radical (unpaired) electrons. The number of phenolic OH excluding ortho intramolecular Hbond substituents is 1. The van der Waals surface area contributed by atoms with E-state index in [0.29, 0.717) is 21.2 Å². The summed E-state index contributed by atoms with van der Waals surface area (Å²) in [7, 11) is 0. The standard InChI is InChI=1S/C16H22BrClN2O/c17-14-10-12(18)9-13(16(14)21)15(11-3-1-2-4-11)20-7-5-19-6-8-20/h9-11,15,19,21H,1-8H2/t15-/m1/s1. The number of hydrogen-bond donors (Lipinski definition) is 2. The summed E-state index contributed by atoms with van der Waals surface area (Å²) in [6.45, 7) is 4.10. The van der Waals surface area contributed by atoms with Crippen molar-refractivity contribution in [3.63, 3.8) is 0 Å². The van der Waals surface area contributed by atoms with Crippen LogP contribution in [0.2, 0.25) is 5.02 Å². The molecule has 0 amide bonds. The van der Waals surface area contributed by atoms with Gasteiger partial charge in [0, 0.05) is 42.8 Å². The fourth-order valence-corrected chi connectivity index (χ4v) is 4.63. The number of nitrogens with one attached hydrogen (secondary N) is 1. The third-order valence-corrected chi connectivity index (χ3v) is 5.59. The SMILES string of the molecule is Oc1c(Br)cc(Cl)cc1[C@@H](C1CCCC1)N1CCNCC1. The van der Waals surface area contributed by atoms with Crippen molar-refractivity contribution < 1.29 is 5.11 Å². The molecule has 0 aromatic heterocycles. The van der Waals surface area contributed by atoms with Crippen molar-refractivity contribution in [2.24, 2.45) is 5.92 Å². The zero-order valence-electron chi connectivity index (χ0n) is 12.1. The van der Waals surface area contributed by atoms with Crippen molar-refractivity contribution in [3.8, 4) is 5.75 Å². The van der Waals surface area contributed by atoms with E-state index in [1.807, 2.05) is 6.07 Å². The molecule has 1 saturated heterocycles. The molecule has 0 unspecified atom stereocenters. The van der Waals surface area contributed by atoms with Gasteiger partial charge in [-0.05, 0) is 46.8 Å². The maximum Gasteiger partial charge on any atom is 0.134 e. The number of benzene rings is 1. The van der Waals surface area contributed by atoms with E-state index in [1.165, 1.54) is 25.7 Å². The van der Waals surface area contributed by atoms with E-state index in [9.17, 15) is 5.11 Å². The Bertz CT molecular complexity index is 499. The predicted molar refractivity (Wildman–Crippen MR) is 90.0 cm³/mol. The number of aromatic hydroxyl groups is 1. The average Bonchev–Trinajstić information content (AvgIpc) is 2.99. The number of halogens is 2. The lowest BCUT2D eigenvalue weighted by Gasteiger charge is -2.39. The van der Waals surface area contributed by atoms with Crippen molar-refractivity contribution in [1.29, 1.82) is 0 Å². The zero-order chi connectivity index (χ0) is 14.8. The number of nitrogens with zero attached hydrogens (tertiary/aromatic N) is 1. The van der Waals surface area contributed by atoms with Gasteiger partial charge in [-0.15, -0.1) is 0 Å². The van der Waals surface area contributed by atoms with Crippen molar-refractivity contribution in [2.45, 2.75) is 31.7 Å². The van der Waals surface area contributed by atoms with Crippen LogP contribution in [-0.4, -0.2) is 36.2 Å². The first-order valence-electron chi connectivity index (χ1n) is 7.79. The maximum atomic E-state index is 10.5. The largest absolute Gasteiger partial charge is 0.506 e. The lowest BCUT2D eigenvalue weighted by molar-refractivity contribution is 0.123. The van der Waals surface area contributed by atoms with Gasteiger partial charge in [-0.25, -0.2) is 0 Å². The monoisotopic (exact) mass is 372 g/mol. The molecule has 21 heavy (non-hydrogen) atoms. The quantitative estimate of drug-likeness (QED) is 0.842. The summed E-state index contributed by atoms with van der Waals surface area (Å²) in [5.74, 6) is 0.981. The Balaban J connectivity index is 1.97. The molecule has 3 nitrogen and oxygen atoms in total. The third-order valence-electron chi connectivity index (χ3n) is 4.77. The maximum absolute atomic E-state index is 10.5. The molecule has 2 aliphatic rings. The van der Waals surface area contributed by atoms with Gasteiger partial charge in [0.05, 0.1) is 4.47 Å². The van der Waals surface area contributed by atoms with E-state index >= 15 is 0 Å². The van der Waals surface area contributed by atoms with Crippen LogP contribution >= 0.6 is 27.5 Å². The highest BCUT2D eigenvalue weighted by molar-refractivity contribution is 9.10. The van der Waals surface area contributed by atoms with Crippen LogP contribution in [0.1, 0.15) is 37.3 Å². The van der Waals surface area contributed by atoms with Crippen LogP contribution in [-0.2, 0) is 0 Å². The Kier molecular flexibility index (Phi) is 5.10. The molecule has 1 aromatic carbocycles. The summed E-state index contributed by atoms with van der Waals surface area (Å²) in [5.41, 5.74) is 0.989. The normalized spacial score (nSPS) is 22.6. The molecule has 5 heteroatoms. The van der Waals surface area contributed by atoms with E-state index in [2.05, 4.69) is 26.1 Å². The number of piperazine rings is 1. The zero-order valence-corrected chi connectivity index (χ0v) is 14.5. The fourth-order valence-electron chi connectivity index (χ4n) is 3.79. The Labute approximate surface area is 139 Å². The van der Waals surface area contributed by atoms with Gasteiger partial charge in [0.25, 0.3) is 0 Å². The third kappa shape index (κ3) is 3.39. The highest BCUT2D eigenvalue weighted by atomic mass is 79.9. The van der Waals surface area contributed by atoms with Gasteiger partial charge in [0.2, 0.25) is 0 Å². The van der Waals surface area contributed by atoms with Crippen LogP contribution in [0.4, 0.5) is 0 Å². The van der Waals surface area contributed by atoms with Crippen LogP contribution in [0.5, 0.6) is 5.75 Å². The van der Waals surface area contributed by atoms with Gasteiger partial charge in [0.15, 0.2) is 0 Å². The minimum absolute atomic E-state index is 0.282. The molecule has 0 bridgehead atoms. The summed E-state index contributed by atoms with van der Waals surface area (Å²) in [6.07, 6.45) is 5.10. The molecule has 1 heterocycles. The minimum Gasteiger partial charge on any atom is -0.506 e. The molecule has 1 saturated carbocycles. The van der Waals surface area contributed by atoms with Crippen LogP contribution in [0.15, 0.2) is 16.6 Å². The van der Waals surface area contributed by atoms with Gasteiger partial charge in [-0.2, -0.15) is 0 Å². The Morgan fingerprint density at radius 2 is 1.90 bits per heavy atom. The Hall–Kier alpha value is -0.290. The van der Waals surface area contributed by atoms with Gasteiger partial charge in [-0.3, -0.25) is 4.90 Å². The van der Waals surface area contributed by atoms with Crippen LogP contribution in [0.3, 0.4) is 0 Å². The topological polar surface area (TPSA) is 35.5 Å². The fraction of sp³-hybridized carbons (Fsp3) is 0.625. The van der Waals surface area contributed by atoms with Crippen molar-refractivity contribution >= 4 is 27.5 Å². The van der Waals surface area contributed by atoms with Crippen LogP contribution in [0, 0.1) is 5.92 Å². The molecule has 3 rings (SSSR count). The smallest absolute Gasteiger partial charge is 0.134 e. The van der Waals surface area contributed by atoms with Crippen molar-refractivity contribution in [2.75, 3.05) is 26.2 Å².